The summed E-state index contributed by atoms with van der Waals surface area (Å²) >= 11 is 1.45. The van der Waals surface area contributed by atoms with Crippen LogP contribution in [0.25, 0.3) is 0 Å². The number of amides is 1. The number of aryl methyl sites for hydroxylation is 1. The lowest BCUT2D eigenvalue weighted by molar-refractivity contribution is 0.0683. The Bertz CT molecular complexity index is 720. The molecule has 0 aromatic carbocycles. The van der Waals surface area contributed by atoms with Crippen LogP contribution >= 0.6 is 11.3 Å². The maximum absolute atomic E-state index is 12.1. The van der Waals surface area contributed by atoms with Gasteiger partial charge in [0.2, 0.25) is 5.69 Å². The molecule has 24 heavy (non-hydrogen) atoms. The molecule has 1 amide bonds. The molecule has 1 aliphatic heterocycles. The summed E-state index contributed by atoms with van der Waals surface area (Å²) in [6.07, 6.45) is 3.09. The number of carboxylic acid groups (broad SMARTS) is 1. The highest BCUT2D eigenvalue weighted by Crippen LogP contribution is 2.33. The summed E-state index contributed by atoms with van der Waals surface area (Å²) in [4.78, 5) is 24.7. The first-order valence-corrected chi connectivity index (χ1v) is 8.51. The zero-order chi connectivity index (χ0) is 16.9. The monoisotopic (exact) mass is 351 g/mol. The van der Waals surface area contributed by atoms with Gasteiger partial charge in [-0.3, -0.25) is 4.79 Å². The van der Waals surface area contributed by atoms with E-state index >= 15 is 0 Å². The Kier molecular flexibility index (Phi) is 5.21. The summed E-state index contributed by atoms with van der Waals surface area (Å²) in [5.41, 5.74) is 0.106. The number of carbonyl (C=O) groups excluding carboxylic acids is 1. The van der Waals surface area contributed by atoms with Crippen molar-refractivity contribution in [2.24, 2.45) is 0 Å². The first-order valence-electron chi connectivity index (χ1n) is 7.69. The minimum absolute atomic E-state index is 0.116. The number of nitrogens with zero attached hydrogens (tertiary/aromatic N) is 2. The largest absolute Gasteiger partial charge is 0.476 e. The molecule has 9 heteroatoms. The summed E-state index contributed by atoms with van der Waals surface area (Å²) in [6.45, 7) is 1.19. The fraction of sp³-hybridized carbons (Fsp3) is 0.467. The normalized spacial score (nSPS) is 17.1. The Balaban J connectivity index is 1.45. The van der Waals surface area contributed by atoms with Crippen LogP contribution in [0.3, 0.4) is 0 Å². The van der Waals surface area contributed by atoms with E-state index in [1.807, 2.05) is 6.07 Å². The highest BCUT2D eigenvalue weighted by molar-refractivity contribution is 7.14. The second kappa shape index (κ2) is 7.54. The van der Waals surface area contributed by atoms with Gasteiger partial charge in [0.1, 0.15) is 5.69 Å². The van der Waals surface area contributed by atoms with Crippen molar-refractivity contribution >= 4 is 23.2 Å². The summed E-state index contributed by atoms with van der Waals surface area (Å²) < 4.78 is 10.0. The van der Waals surface area contributed by atoms with E-state index in [1.54, 1.807) is 6.07 Å². The number of aromatic nitrogens is 2. The van der Waals surface area contributed by atoms with Crippen LogP contribution < -0.4 is 5.32 Å². The van der Waals surface area contributed by atoms with E-state index in [0.29, 0.717) is 24.3 Å². The average molecular weight is 351 g/mol. The third-order valence-corrected chi connectivity index (χ3v) is 4.91. The number of carboxylic acids is 1. The minimum Gasteiger partial charge on any atom is -0.476 e. The molecule has 2 N–H and O–H groups in total. The van der Waals surface area contributed by atoms with Gasteiger partial charge < -0.3 is 15.2 Å². The number of hydrogen-bond acceptors (Lipinski definition) is 7. The van der Waals surface area contributed by atoms with E-state index in [0.717, 1.165) is 24.3 Å². The molecular weight excluding hydrogens is 334 g/mol. The van der Waals surface area contributed by atoms with Gasteiger partial charge in [-0.2, -0.15) is 0 Å². The van der Waals surface area contributed by atoms with Gasteiger partial charge >= 0.3 is 5.97 Å². The van der Waals surface area contributed by atoms with Gasteiger partial charge in [-0.05, 0) is 43.0 Å². The first kappa shape index (κ1) is 16.6. The van der Waals surface area contributed by atoms with E-state index in [-0.39, 0.29) is 23.4 Å². The van der Waals surface area contributed by atoms with E-state index in [1.165, 1.54) is 11.3 Å². The van der Waals surface area contributed by atoms with Gasteiger partial charge in [0, 0.05) is 18.0 Å². The number of hydrogen-bond donors (Lipinski definition) is 2. The number of aromatic carboxylic acids is 1. The summed E-state index contributed by atoms with van der Waals surface area (Å²) in [5, 5.41) is 18.6. The molecule has 8 nitrogen and oxygen atoms in total. The molecule has 2 aromatic heterocycles. The quantitative estimate of drug-likeness (QED) is 0.734. The van der Waals surface area contributed by atoms with Gasteiger partial charge in [0.15, 0.2) is 0 Å². The lowest BCUT2D eigenvalue weighted by atomic mass is 10.2. The maximum Gasteiger partial charge on any atom is 0.360 e. The molecule has 1 aliphatic rings. The van der Waals surface area contributed by atoms with Gasteiger partial charge in [-0.25, -0.2) is 9.42 Å². The molecule has 2 aromatic rings. The smallest absolute Gasteiger partial charge is 0.360 e. The number of carbonyl (C=O) groups is 2. The Morgan fingerprint density at radius 1 is 1.38 bits per heavy atom. The summed E-state index contributed by atoms with van der Waals surface area (Å²) in [7, 11) is 0. The first-order chi connectivity index (χ1) is 11.6. The van der Waals surface area contributed by atoms with E-state index in [9.17, 15) is 9.59 Å². The molecule has 128 valence electrons. The van der Waals surface area contributed by atoms with Crippen LogP contribution in [0.5, 0.6) is 0 Å². The zero-order valence-corrected chi connectivity index (χ0v) is 13.7. The fourth-order valence-corrected chi connectivity index (χ4v) is 3.54. The van der Waals surface area contributed by atoms with Crippen LogP contribution in [0.1, 0.15) is 56.1 Å². The van der Waals surface area contributed by atoms with Crippen LogP contribution in [-0.2, 0) is 11.2 Å². The van der Waals surface area contributed by atoms with Crippen LogP contribution in [-0.4, -0.2) is 40.4 Å². The van der Waals surface area contributed by atoms with E-state index in [4.69, 9.17) is 9.84 Å². The van der Waals surface area contributed by atoms with Crippen LogP contribution in [0, 0.1) is 0 Å². The Labute approximate surface area is 141 Å². The van der Waals surface area contributed by atoms with E-state index < -0.39 is 5.97 Å². The maximum atomic E-state index is 12.1. The highest BCUT2D eigenvalue weighted by atomic mass is 32.1. The number of nitrogens with one attached hydrogen (secondary N) is 1. The zero-order valence-electron chi connectivity index (χ0n) is 12.9. The number of rotatable bonds is 7. The number of thiophene rings is 1. The van der Waals surface area contributed by atoms with Crippen molar-refractivity contribution in [1.82, 2.24) is 15.6 Å². The van der Waals surface area contributed by atoms with Gasteiger partial charge in [-0.1, -0.05) is 5.16 Å². The lowest BCUT2D eigenvalue weighted by Gasteiger charge is -2.05. The molecule has 0 aliphatic carbocycles. The van der Waals surface area contributed by atoms with E-state index in [2.05, 4.69) is 20.3 Å². The van der Waals surface area contributed by atoms with Crippen molar-refractivity contribution in [2.75, 3.05) is 13.2 Å². The summed E-state index contributed by atoms with van der Waals surface area (Å²) in [5.74, 6) is -1.31. The number of ether oxygens (including phenoxy) is 1. The highest BCUT2D eigenvalue weighted by Gasteiger charge is 2.21. The Hall–Kier alpha value is -2.26. The molecule has 1 atom stereocenters. The molecule has 0 spiro atoms. The molecule has 0 bridgehead atoms. The SMILES string of the molecule is O=C(NCCCc1nonc1C(=O)O)c1ccc([C@H]2CCCO2)s1. The van der Waals surface area contributed by atoms with Crippen LogP contribution in [0.15, 0.2) is 16.8 Å². The third kappa shape index (κ3) is 3.80. The average Bonchev–Trinajstić information content (AvgIpc) is 3.31. The van der Waals surface area contributed by atoms with Crippen LogP contribution in [0.4, 0.5) is 0 Å². The fourth-order valence-electron chi connectivity index (χ4n) is 2.53. The molecule has 1 fully saturated rings. The molecule has 3 rings (SSSR count). The lowest BCUT2D eigenvalue weighted by Crippen LogP contribution is -2.24. The second-order valence-corrected chi connectivity index (χ2v) is 6.54. The van der Waals surface area contributed by atoms with Gasteiger partial charge in [0.05, 0.1) is 11.0 Å². The van der Waals surface area contributed by atoms with Gasteiger partial charge in [0.25, 0.3) is 5.91 Å². The Morgan fingerprint density at radius 3 is 3.00 bits per heavy atom. The molecule has 0 saturated carbocycles. The third-order valence-electron chi connectivity index (χ3n) is 3.73. The van der Waals surface area contributed by atoms with Crippen molar-refractivity contribution in [1.29, 1.82) is 0 Å². The minimum atomic E-state index is -1.17. The predicted octanol–water partition coefficient (Wildman–Crippen LogP) is 2.04. The molecule has 1 saturated heterocycles. The predicted molar refractivity (Wildman–Crippen MR) is 84.2 cm³/mol. The van der Waals surface area contributed by atoms with Crippen molar-refractivity contribution in [2.45, 2.75) is 31.8 Å². The van der Waals surface area contributed by atoms with Crippen molar-refractivity contribution < 1.29 is 24.1 Å². The second-order valence-electron chi connectivity index (χ2n) is 5.43. The standard InChI is InChI=1S/C15H17N3O5S/c19-14(12-6-5-11(24-12)10-4-2-8-22-10)16-7-1-3-9-13(15(20)21)18-23-17-9/h5-6,10H,1-4,7-8H2,(H,16,19)(H,20,21)/t10-/m1/s1. The molecule has 0 unspecified atom stereocenters. The molecule has 3 heterocycles. The van der Waals surface area contributed by atoms with Crippen molar-refractivity contribution in [3.8, 4) is 0 Å². The van der Waals surface area contributed by atoms with Crippen molar-refractivity contribution in [3.63, 3.8) is 0 Å². The molecule has 0 radical (unpaired) electrons. The topological polar surface area (TPSA) is 115 Å². The molecular formula is C15H17N3O5S. The Morgan fingerprint density at radius 2 is 2.25 bits per heavy atom. The summed E-state index contributed by atoms with van der Waals surface area (Å²) in [6, 6.07) is 3.75. The van der Waals surface area contributed by atoms with Crippen LogP contribution in [0.2, 0.25) is 0 Å². The van der Waals surface area contributed by atoms with Gasteiger partial charge in [-0.15, -0.1) is 11.3 Å². The van der Waals surface area contributed by atoms with Crippen molar-refractivity contribution in [3.05, 3.63) is 33.3 Å².